The molecule has 21 heavy (non-hydrogen) atoms. The Bertz CT molecular complexity index is 886. The van der Waals surface area contributed by atoms with Crippen LogP contribution in [0.2, 0.25) is 0 Å². The number of aryl methyl sites for hydroxylation is 1. The molecule has 0 unspecified atom stereocenters. The van der Waals surface area contributed by atoms with Gasteiger partial charge in [-0.3, -0.25) is 14.6 Å². The topological polar surface area (TPSA) is 70.3 Å². The van der Waals surface area contributed by atoms with Crippen molar-refractivity contribution in [3.63, 3.8) is 0 Å². The summed E-state index contributed by atoms with van der Waals surface area (Å²) in [6.45, 7) is 1.97. The summed E-state index contributed by atoms with van der Waals surface area (Å²) >= 11 is 5.34. The lowest BCUT2D eigenvalue weighted by molar-refractivity contribution is 1.02. The molecule has 0 aliphatic rings. The van der Waals surface area contributed by atoms with Crippen LogP contribution in [0, 0.1) is 23.0 Å². The summed E-state index contributed by atoms with van der Waals surface area (Å²) in [5.74, 6) is 0.672. The smallest absolute Gasteiger partial charge is 0.200 e. The van der Waals surface area contributed by atoms with Gasteiger partial charge in [0.05, 0.1) is 17.3 Å². The molecule has 3 rings (SSSR count). The molecule has 0 saturated carbocycles. The molecule has 6 heteroatoms. The molecule has 0 saturated heterocycles. The van der Waals surface area contributed by atoms with E-state index in [1.54, 1.807) is 24.5 Å². The second-order valence-corrected chi connectivity index (χ2v) is 4.93. The Morgan fingerprint density at radius 3 is 2.90 bits per heavy atom. The molecular formula is C15H11N5S. The second-order valence-electron chi connectivity index (χ2n) is 4.54. The Hall–Kier alpha value is -2.78. The maximum absolute atomic E-state index is 9.09. The number of hydrogen-bond acceptors (Lipinski definition) is 4. The number of aromatic nitrogens is 4. The quantitative estimate of drug-likeness (QED) is 0.737. The molecule has 3 aromatic rings. The molecule has 1 N–H and O–H groups in total. The molecule has 0 fully saturated rings. The highest BCUT2D eigenvalue weighted by Crippen LogP contribution is 2.23. The van der Waals surface area contributed by atoms with Gasteiger partial charge < -0.3 is 0 Å². The second kappa shape index (κ2) is 5.31. The number of benzene rings is 1. The molecule has 0 aliphatic heterocycles. The standard InChI is InChI=1S/C15H11N5S/c1-10-4-5-11(8-16)7-13(10)20-14(18-19-15(20)21)12-3-2-6-17-9-12/h2-7,9H,1H3,(H,19,21). The van der Waals surface area contributed by atoms with E-state index in [-0.39, 0.29) is 0 Å². The highest BCUT2D eigenvalue weighted by Gasteiger charge is 2.13. The van der Waals surface area contributed by atoms with Gasteiger partial charge in [0.25, 0.3) is 0 Å². The van der Waals surface area contributed by atoms with Gasteiger partial charge in [-0.1, -0.05) is 6.07 Å². The number of nitriles is 1. The molecule has 5 nitrogen and oxygen atoms in total. The largest absolute Gasteiger partial charge is 0.268 e. The van der Waals surface area contributed by atoms with E-state index in [4.69, 9.17) is 17.5 Å². The van der Waals surface area contributed by atoms with E-state index >= 15 is 0 Å². The van der Waals surface area contributed by atoms with Gasteiger partial charge in [0.2, 0.25) is 0 Å². The van der Waals surface area contributed by atoms with Crippen molar-refractivity contribution in [2.45, 2.75) is 6.92 Å². The van der Waals surface area contributed by atoms with Gasteiger partial charge in [-0.25, -0.2) is 0 Å². The minimum absolute atomic E-state index is 0.479. The predicted octanol–water partition coefficient (Wildman–Crippen LogP) is 3.17. The number of H-pyrrole nitrogens is 1. The van der Waals surface area contributed by atoms with Crippen molar-refractivity contribution in [1.29, 1.82) is 5.26 Å². The van der Waals surface area contributed by atoms with Gasteiger partial charge in [-0.2, -0.15) is 10.4 Å². The summed E-state index contributed by atoms with van der Waals surface area (Å²) in [7, 11) is 0. The number of aromatic amines is 1. The zero-order valence-corrected chi connectivity index (χ0v) is 12.1. The Kier molecular flexibility index (Phi) is 3.34. The number of nitrogens with zero attached hydrogens (tertiary/aromatic N) is 4. The van der Waals surface area contributed by atoms with Gasteiger partial charge in [-0.05, 0) is 49.0 Å². The van der Waals surface area contributed by atoms with Crippen molar-refractivity contribution in [2.24, 2.45) is 0 Å². The maximum Gasteiger partial charge on any atom is 0.200 e. The molecule has 2 heterocycles. The molecule has 0 amide bonds. The van der Waals surface area contributed by atoms with Gasteiger partial charge in [0, 0.05) is 18.0 Å². The summed E-state index contributed by atoms with van der Waals surface area (Å²) in [6, 6.07) is 11.4. The van der Waals surface area contributed by atoms with E-state index in [9.17, 15) is 0 Å². The third-order valence-corrected chi connectivity index (χ3v) is 3.45. The van der Waals surface area contributed by atoms with Crippen molar-refractivity contribution in [3.05, 3.63) is 58.6 Å². The third-order valence-electron chi connectivity index (χ3n) is 3.17. The first-order valence-corrected chi connectivity index (χ1v) is 6.70. The Morgan fingerprint density at radius 2 is 2.19 bits per heavy atom. The zero-order chi connectivity index (χ0) is 14.8. The number of hydrogen-bond donors (Lipinski definition) is 1. The molecule has 2 aromatic heterocycles. The van der Waals surface area contributed by atoms with E-state index in [1.165, 1.54) is 0 Å². The maximum atomic E-state index is 9.09. The minimum atomic E-state index is 0.479. The van der Waals surface area contributed by atoms with Crippen LogP contribution in [0.5, 0.6) is 0 Å². The van der Waals surface area contributed by atoms with Crippen molar-refractivity contribution >= 4 is 12.2 Å². The first-order chi connectivity index (χ1) is 10.2. The van der Waals surface area contributed by atoms with Gasteiger partial charge in [0.15, 0.2) is 10.6 Å². The van der Waals surface area contributed by atoms with Gasteiger partial charge in [0.1, 0.15) is 0 Å². The Labute approximate surface area is 126 Å². The van der Waals surface area contributed by atoms with Crippen LogP contribution in [0.4, 0.5) is 0 Å². The van der Waals surface area contributed by atoms with Crippen molar-refractivity contribution in [2.75, 3.05) is 0 Å². The SMILES string of the molecule is Cc1ccc(C#N)cc1-n1c(-c2cccnc2)n[nH]c1=S. The van der Waals surface area contributed by atoms with E-state index in [2.05, 4.69) is 21.3 Å². The monoisotopic (exact) mass is 293 g/mol. The van der Waals surface area contributed by atoms with Crippen LogP contribution in [0.15, 0.2) is 42.7 Å². The molecule has 0 radical (unpaired) electrons. The molecule has 102 valence electrons. The van der Waals surface area contributed by atoms with Crippen LogP contribution in [0.3, 0.4) is 0 Å². The molecule has 1 aromatic carbocycles. The minimum Gasteiger partial charge on any atom is -0.268 e. The van der Waals surface area contributed by atoms with E-state index in [0.29, 0.717) is 16.2 Å². The number of pyridine rings is 1. The van der Waals surface area contributed by atoms with Crippen molar-refractivity contribution in [1.82, 2.24) is 19.7 Å². The number of rotatable bonds is 2. The average molecular weight is 293 g/mol. The fourth-order valence-corrected chi connectivity index (χ4v) is 2.36. The van der Waals surface area contributed by atoms with Crippen LogP contribution in [-0.2, 0) is 0 Å². The van der Waals surface area contributed by atoms with Crippen LogP contribution in [0.1, 0.15) is 11.1 Å². The average Bonchev–Trinajstić information content (AvgIpc) is 2.90. The summed E-state index contributed by atoms with van der Waals surface area (Å²) < 4.78 is 2.30. The predicted molar refractivity (Wildman–Crippen MR) is 81.4 cm³/mol. The summed E-state index contributed by atoms with van der Waals surface area (Å²) in [6.07, 6.45) is 3.43. The summed E-state index contributed by atoms with van der Waals surface area (Å²) in [5, 5.41) is 16.2. The van der Waals surface area contributed by atoms with E-state index in [1.807, 2.05) is 29.7 Å². The molecule has 0 spiro atoms. The van der Waals surface area contributed by atoms with Crippen LogP contribution < -0.4 is 0 Å². The number of nitrogens with one attached hydrogen (secondary N) is 1. The fraction of sp³-hybridized carbons (Fsp3) is 0.0667. The molecule has 0 aliphatic carbocycles. The highest BCUT2D eigenvalue weighted by molar-refractivity contribution is 7.71. The Morgan fingerprint density at radius 1 is 1.33 bits per heavy atom. The zero-order valence-electron chi connectivity index (χ0n) is 11.2. The van der Waals surface area contributed by atoms with E-state index in [0.717, 1.165) is 16.8 Å². The lowest BCUT2D eigenvalue weighted by Gasteiger charge is -2.10. The van der Waals surface area contributed by atoms with Crippen LogP contribution in [-0.4, -0.2) is 19.7 Å². The first-order valence-electron chi connectivity index (χ1n) is 6.29. The highest BCUT2D eigenvalue weighted by atomic mass is 32.1. The van der Waals surface area contributed by atoms with E-state index < -0.39 is 0 Å². The normalized spacial score (nSPS) is 10.3. The summed E-state index contributed by atoms with van der Waals surface area (Å²) in [5.41, 5.74) is 3.28. The van der Waals surface area contributed by atoms with Gasteiger partial charge >= 0.3 is 0 Å². The first kappa shape index (κ1) is 13.2. The molecule has 0 bridgehead atoms. The lowest BCUT2D eigenvalue weighted by Crippen LogP contribution is -2.01. The lowest BCUT2D eigenvalue weighted by atomic mass is 10.1. The van der Waals surface area contributed by atoms with Crippen molar-refractivity contribution in [3.8, 4) is 23.1 Å². The Balaban J connectivity index is 2.28. The molecular weight excluding hydrogens is 282 g/mol. The van der Waals surface area contributed by atoms with Gasteiger partial charge in [-0.15, -0.1) is 0 Å². The van der Waals surface area contributed by atoms with Crippen LogP contribution >= 0.6 is 12.2 Å². The third kappa shape index (κ3) is 2.35. The van der Waals surface area contributed by atoms with Crippen LogP contribution in [0.25, 0.3) is 17.1 Å². The summed E-state index contributed by atoms with van der Waals surface area (Å²) in [4.78, 5) is 4.11. The van der Waals surface area contributed by atoms with Crippen molar-refractivity contribution < 1.29 is 0 Å². The molecule has 0 atom stereocenters. The fourth-order valence-electron chi connectivity index (χ4n) is 2.13.